The van der Waals surface area contributed by atoms with Crippen molar-refractivity contribution in [1.82, 2.24) is 0 Å². The van der Waals surface area contributed by atoms with E-state index in [0.29, 0.717) is 6.42 Å². The maximum atomic E-state index is 10.8. The molecule has 66 valence electrons. The fraction of sp³-hybridized carbons (Fsp3) is 0.857. The normalized spacial score (nSPS) is 12.6. The predicted octanol–water partition coefficient (Wildman–Crippen LogP) is -0.00310. The summed E-state index contributed by atoms with van der Waals surface area (Å²) in [6, 6.07) is 0. The second kappa shape index (κ2) is 6.12. The van der Waals surface area contributed by atoms with Crippen LogP contribution in [0.3, 0.4) is 0 Å². The van der Waals surface area contributed by atoms with Crippen LogP contribution in [-0.2, 0) is 9.53 Å². The highest BCUT2D eigenvalue weighted by molar-refractivity contribution is 5.69. The fourth-order valence-corrected chi connectivity index (χ4v) is 0.586. The Bertz CT molecular complexity index is 116. The monoisotopic (exact) mass is 161 g/mol. The molecule has 4 heteroatoms. The summed E-state index contributed by atoms with van der Waals surface area (Å²) in [6.45, 7) is 1.66. The van der Waals surface area contributed by atoms with Gasteiger partial charge >= 0.3 is 5.97 Å². The first-order valence-corrected chi connectivity index (χ1v) is 3.76. The maximum absolute atomic E-state index is 10.8. The number of esters is 1. The summed E-state index contributed by atoms with van der Waals surface area (Å²) in [4.78, 5) is 10.8. The maximum Gasteiger partial charge on any atom is 0.307 e. The van der Waals surface area contributed by atoms with E-state index >= 15 is 0 Å². The Morgan fingerprint density at radius 2 is 2.36 bits per heavy atom. The third-order valence-corrected chi connectivity index (χ3v) is 1.20. The summed E-state index contributed by atoms with van der Waals surface area (Å²) < 4.78 is 4.59. The number of aliphatic hydroxyl groups is 1. The molecule has 0 aliphatic carbocycles. The Balaban J connectivity index is 3.36. The number of rotatable bonds is 5. The average molecular weight is 161 g/mol. The lowest BCUT2D eigenvalue weighted by atomic mass is 10.2. The quantitative estimate of drug-likeness (QED) is 0.439. The molecule has 0 aromatic rings. The molecule has 0 saturated heterocycles. The smallest absolute Gasteiger partial charge is 0.307 e. The SMILES string of the molecule is CCCCC(=O)O[C@@H](N)CO. The first kappa shape index (κ1) is 10.4. The topological polar surface area (TPSA) is 72.5 Å². The lowest BCUT2D eigenvalue weighted by Crippen LogP contribution is -2.30. The van der Waals surface area contributed by atoms with E-state index in [1.54, 1.807) is 0 Å². The van der Waals surface area contributed by atoms with Crippen molar-refractivity contribution in [2.24, 2.45) is 5.73 Å². The first-order valence-electron chi connectivity index (χ1n) is 3.76. The van der Waals surface area contributed by atoms with Gasteiger partial charge in [-0.1, -0.05) is 13.3 Å². The van der Waals surface area contributed by atoms with Gasteiger partial charge in [-0.3, -0.25) is 10.5 Å². The van der Waals surface area contributed by atoms with Crippen molar-refractivity contribution in [3.05, 3.63) is 0 Å². The van der Waals surface area contributed by atoms with Crippen LogP contribution in [0.5, 0.6) is 0 Å². The number of unbranched alkanes of at least 4 members (excludes halogenated alkanes) is 1. The minimum atomic E-state index is -0.862. The Morgan fingerprint density at radius 1 is 1.73 bits per heavy atom. The second-order valence-electron chi connectivity index (χ2n) is 2.31. The van der Waals surface area contributed by atoms with Crippen LogP contribution >= 0.6 is 0 Å². The average Bonchev–Trinajstić information content (AvgIpc) is 2.00. The molecule has 4 nitrogen and oxygen atoms in total. The molecule has 0 radical (unpaired) electrons. The Labute approximate surface area is 66.3 Å². The minimum absolute atomic E-state index is 0.322. The highest BCUT2D eigenvalue weighted by Crippen LogP contribution is 1.97. The molecule has 1 atom stereocenters. The van der Waals surface area contributed by atoms with Crippen molar-refractivity contribution in [2.75, 3.05) is 6.61 Å². The van der Waals surface area contributed by atoms with Crippen molar-refractivity contribution < 1.29 is 14.6 Å². The number of nitrogens with two attached hydrogens (primary N) is 1. The molecular weight excluding hydrogens is 146 g/mol. The van der Waals surface area contributed by atoms with Crippen molar-refractivity contribution >= 4 is 5.97 Å². The molecule has 0 fully saturated rings. The van der Waals surface area contributed by atoms with Gasteiger partial charge in [0.1, 0.15) is 0 Å². The van der Waals surface area contributed by atoms with Gasteiger partial charge in [-0.25, -0.2) is 0 Å². The fourth-order valence-electron chi connectivity index (χ4n) is 0.586. The number of aliphatic hydroxyl groups excluding tert-OH is 1. The zero-order valence-corrected chi connectivity index (χ0v) is 6.75. The summed E-state index contributed by atoms with van der Waals surface area (Å²) in [5.41, 5.74) is 5.15. The van der Waals surface area contributed by atoms with E-state index < -0.39 is 6.23 Å². The van der Waals surface area contributed by atoms with Gasteiger partial charge < -0.3 is 9.84 Å². The van der Waals surface area contributed by atoms with Crippen LogP contribution in [0.4, 0.5) is 0 Å². The largest absolute Gasteiger partial charge is 0.444 e. The summed E-state index contributed by atoms with van der Waals surface area (Å²) >= 11 is 0. The van der Waals surface area contributed by atoms with Gasteiger partial charge in [0.2, 0.25) is 0 Å². The minimum Gasteiger partial charge on any atom is -0.444 e. The van der Waals surface area contributed by atoms with Crippen LogP contribution in [0.15, 0.2) is 0 Å². The van der Waals surface area contributed by atoms with E-state index in [4.69, 9.17) is 10.8 Å². The Kier molecular flexibility index (Phi) is 5.78. The molecule has 0 amide bonds. The van der Waals surface area contributed by atoms with Gasteiger partial charge in [-0.05, 0) is 6.42 Å². The Morgan fingerprint density at radius 3 is 2.82 bits per heavy atom. The van der Waals surface area contributed by atoms with E-state index in [2.05, 4.69) is 4.74 Å². The summed E-state index contributed by atoms with van der Waals surface area (Å²) in [5, 5.41) is 8.41. The molecule has 0 saturated carbocycles. The zero-order chi connectivity index (χ0) is 8.69. The molecule has 3 N–H and O–H groups in total. The third kappa shape index (κ3) is 5.82. The number of carbonyl (C=O) groups excluding carboxylic acids is 1. The van der Waals surface area contributed by atoms with Crippen molar-refractivity contribution in [1.29, 1.82) is 0 Å². The van der Waals surface area contributed by atoms with Crippen LogP contribution in [-0.4, -0.2) is 23.9 Å². The first-order chi connectivity index (χ1) is 5.20. The van der Waals surface area contributed by atoms with Gasteiger partial charge in [-0.15, -0.1) is 0 Å². The lowest BCUT2D eigenvalue weighted by molar-refractivity contribution is -0.150. The molecule has 0 unspecified atom stereocenters. The summed E-state index contributed by atoms with van der Waals surface area (Å²) in [6.07, 6.45) is 1.27. The molecule has 0 spiro atoms. The highest BCUT2D eigenvalue weighted by Gasteiger charge is 2.06. The molecule has 0 aliphatic rings. The van der Waals surface area contributed by atoms with Crippen molar-refractivity contribution in [3.8, 4) is 0 Å². The molecular formula is C7H15NO3. The van der Waals surface area contributed by atoms with Crippen LogP contribution in [0.25, 0.3) is 0 Å². The number of ether oxygens (including phenoxy) is 1. The predicted molar refractivity (Wildman–Crippen MR) is 40.7 cm³/mol. The van der Waals surface area contributed by atoms with Gasteiger partial charge in [-0.2, -0.15) is 0 Å². The van der Waals surface area contributed by atoms with Crippen LogP contribution in [0.1, 0.15) is 26.2 Å². The molecule has 0 heterocycles. The van der Waals surface area contributed by atoms with Gasteiger partial charge in [0.05, 0.1) is 6.61 Å². The molecule has 0 aromatic heterocycles. The van der Waals surface area contributed by atoms with Gasteiger partial charge in [0, 0.05) is 6.42 Å². The van der Waals surface area contributed by atoms with E-state index in [0.717, 1.165) is 12.8 Å². The number of hydrogen-bond donors (Lipinski definition) is 2. The number of hydrogen-bond acceptors (Lipinski definition) is 4. The molecule has 0 bridgehead atoms. The van der Waals surface area contributed by atoms with E-state index in [-0.39, 0.29) is 12.6 Å². The summed E-state index contributed by atoms with van der Waals surface area (Å²) in [7, 11) is 0. The van der Waals surface area contributed by atoms with Crippen LogP contribution in [0, 0.1) is 0 Å². The van der Waals surface area contributed by atoms with Crippen molar-refractivity contribution in [3.63, 3.8) is 0 Å². The van der Waals surface area contributed by atoms with Gasteiger partial charge in [0.25, 0.3) is 0 Å². The van der Waals surface area contributed by atoms with E-state index in [9.17, 15) is 4.79 Å². The Hall–Kier alpha value is -0.610. The number of carbonyl (C=O) groups is 1. The van der Waals surface area contributed by atoms with Gasteiger partial charge in [0.15, 0.2) is 6.23 Å². The standard InChI is InChI=1S/C7H15NO3/c1-2-3-4-7(10)11-6(8)5-9/h6,9H,2-5,8H2,1H3/t6-/m1/s1. The third-order valence-electron chi connectivity index (χ3n) is 1.20. The van der Waals surface area contributed by atoms with Crippen LogP contribution in [0.2, 0.25) is 0 Å². The second-order valence-corrected chi connectivity index (χ2v) is 2.31. The van der Waals surface area contributed by atoms with E-state index in [1.807, 2.05) is 6.92 Å². The summed E-state index contributed by atoms with van der Waals surface area (Å²) in [5.74, 6) is -0.339. The van der Waals surface area contributed by atoms with E-state index in [1.165, 1.54) is 0 Å². The molecule has 11 heavy (non-hydrogen) atoms. The zero-order valence-electron chi connectivity index (χ0n) is 6.75. The van der Waals surface area contributed by atoms with Crippen LogP contribution < -0.4 is 5.73 Å². The highest BCUT2D eigenvalue weighted by atomic mass is 16.6. The molecule has 0 aromatic carbocycles. The molecule has 0 rings (SSSR count). The van der Waals surface area contributed by atoms with Crippen molar-refractivity contribution in [2.45, 2.75) is 32.4 Å². The molecule has 0 aliphatic heterocycles. The lowest BCUT2D eigenvalue weighted by Gasteiger charge is -2.08.